The summed E-state index contributed by atoms with van der Waals surface area (Å²) in [4.78, 5) is 12.1. The number of benzene rings is 1. The summed E-state index contributed by atoms with van der Waals surface area (Å²) in [6, 6.07) is 5.72. The molecule has 0 saturated carbocycles. The van der Waals surface area contributed by atoms with Crippen molar-refractivity contribution < 1.29 is 4.79 Å². The number of nitrogens with zero attached hydrogens (tertiary/aromatic N) is 1. The predicted molar refractivity (Wildman–Crippen MR) is 64.4 cm³/mol. The summed E-state index contributed by atoms with van der Waals surface area (Å²) in [5, 5.41) is 1.77. The molecule has 0 saturated heterocycles. The molecule has 15 heavy (non-hydrogen) atoms. The highest BCUT2D eigenvalue weighted by molar-refractivity contribution is 9.10. The Morgan fingerprint density at radius 2 is 2.27 bits per heavy atom. The minimum Gasteiger partial charge on any atom is -0.288 e. The minimum absolute atomic E-state index is 0.0220. The third-order valence-corrected chi connectivity index (χ3v) is 3.39. The first-order chi connectivity index (χ1) is 7.20. The first-order valence-electron chi connectivity index (χ1n) is 4.39. The Morgan fingerprint density at radius 3 is 2.87 bits per heavy atom. The van der Waals surface area contributed by atoms with E-state index in [-0.39, 0.29) is 5.78 Å². The number of aryl methyl sites for hydroxylation is 1. The molecule has 76 valence electrons. The van der Waals surface area contributed by atoms with Crippen LogP contribution in [0.5, 0.6) is 0 Å². The van der Waals surface area contributed by atoms with Crippen molar-refractivity contribution in [1.29, 1.82) is 0 Å². The van der Waals surface area contributed by atoms with Crippen molar-refractivity contribution in [3.8, 4) is 0 Å². The molecule has 0 amide bonds. The van der Waals surface area contributed by atoms with Crippen LogP contribution in [-0.4, -0.2) is 10.2 Å². The highest BCUT2D eigenvalue weighted by Gasteiger charge is 2.15. The number of ketones is 1. The van der Waals surface area contributed by atoms with E-state index in [0.717, 1.165) is 15.6 Å². The molecule has 2 nitrogen and oxygen atoms in total. The smallest absolute Gasteiger partial charge is 0.196 e. The molecule has 0 N–H and O–H groups in total. The first-order valence-corrected chi connectivity index (χ1v) is 6.02. The van der Waals surface area contributed by atoms with Crippen LogP contribution in [0.15, 0.2) is 34.2 Å². The van der Waals surface area contributed by atoms with E-state index in [9.17, 15) is 4.79 Å². The Bertz CT molecular complexity index is 473. The van der Waals surface area contributed by atoms with Gasteiger partial charge in [0.2, 0.25) is 0 Å². The summed E-state index contributed by atoms with van der Waals surface area (Å²) in [7, 11) is 0. The summed E-state index contributed by atoms with van der Waals surface area (Å²) >= 11 is 4.68. The molecule has 0 aliphatic rings. The number of halogens is 1. The molecular formula is C11H8BrNOS. The van der Waals surface area contributed by atoms with Crippen molar-refractivity contribution in [3.63, 3.8) is 0 Å². The second-order valence-electron chi connectivity index (χ2n) is 3.17. The van der Waals surface area contributed by atoms with Crippen molar-refractivity contribution in [2.75, 3.05) is 0 Å². The van der Waals surface area contributed by atoms with Gasteiger partial charge in [0.05, 0.1) is 11.8 Å². The third-order valence-electron chi connectivity index (χ3n) is 2.14. The molecule has 1 aromatic heterocycles. The number of aromatic nitrogens is 1. The van der Waals surface area contributed by atoms with Crippen LogP contribution in [-0.2, 0) is 0 Å². The lowest BCUT2D eigenvalue weighted by molar-refractivity contribution is 0.103. The SMILES string of the molecule is Cc1cccc(Br)c1C(=O)c1cnsc1. The molecule has 2 rings (SSSR count). The van der Waals surface area contributed by atoms with Gasteiger partial charge in [-0.1, -0.05) is 28.1 Å². The van der Waals surface area contributed by atoms with E-state index in [0.29, 0.717) is 5.56 Å². The standard InChI is InChI=1S/C11H8BrNOS/c1-7-3-2-4-9(12)10(7)11(14)8-5-13-15-6-8/h2-6H,1H3. The van der Waals surface area contributed by atoms with Crippen LogP contribution in [0.4, 0.5) is 0 Å². The number of carbonyl (C=O) groups excluding carboxylic acids is 1. The zero-order chi connectivity index (χ0) is 10.8. The van der Waals surface area contributed by atoms with Crippen LogP contribution in [0.3, 0.4) is 0 Å². The fourth-order valence-corrected chi connectivity index (χ4v) is 2.54. The van der Waals surface area contributed by atoms with Gasteiger partial charge >= 0.3 is 0 Å². The summed E-state index contributed by atoms with van der Waals surface area (Å²) in [6.45, 7) is 1.93. The van der Waals surface area contributed by atoms with Crippen LogP contribution in [0, 0.1) is 6.92 Å². The third kappa shape index (κ3) is 2.01. The Balaban J connectivity index is 2.51. The van der Waals surface area contributed by atoms with E-state index in [1.54, 1.807) is 11.6 Å². The van der Waals surface area contributed by atoms with Gasteiger partial charge in [-0.25, -0.2) is 4.37 Å². The van der Waals surface area contributed by atoms with E-state index in [1.807, 2.05) is 25.1 Å². The average Bonchev–Trinajstić information content (AvgIpc) is 2.69. The molecule has 0 unspecified atom stereocenters. The maximum absolute atomic E-state index is 12.1. The van der Waals surface area contributed by atoms with Crippen molar-refractivity contribution in [2.45, 2.75) is 6.92 Å². The van der Waals surface area contributed by atoms with Gasteiger partial charge in [0.1, 0.15) is 0 Å². The van der Waals surface area contributed by atoms with Crippen LogP contribution in [0.1, 0.15) is 21.5 Å². The summed E-state index contributed by atoms with van der Waals surface area (Å²) < 4.78 is 4.77. The Kier molecular flexibility index (Phi) is 2.98. The molecule has 1 aromatic carbocycles. The van der Waals surface area contributed by atoms with Gasteiger partial charge in [-0.05, 0) is 30.1 Å². The van der Waals surface area contributed by atoms with Crippen LogP contribution in [0.2, 0.25) is 0 Å². The lowest BCUT2D eigenvalue weighted by Gasteiger charge is -2.05. The lowest BCUT2D eigenvalue weighted by Crippen LogP contribution is -2.03. The first kappa shape index (κ1) is 10.5. The van der Waals surface area contributed by atoms with Crippen molar-refractivity contribution in [1.82, 2.24) is 4.37 Å². The summed E-state index contributed by atoms with van der Waals surface area (Å²) in [5.74, 6) is 0.0220. The van der Waals surface area contributed by atoms with Crippen LogP contribution in [0.25, 0.3) is 0 Å². The molecule has 0 spiro atoms. The topological polar surface area (TPSA) is 30.0 Å². The fourth-order valence-electron chi connectivity index (χ4n) is 1.38. The Labute approximate surface area is 100 Å². The molecule has 0 fully saturated rings. The molecule has 0 atom stereocenters. The van der Waals surface area contributed by atoms with Crippen LogP contribution < -0.4 is 0 Å². The van der Waals surface area contributed by atoms with Crippen molar-refractivity contribution >= 4 is 33.2 Å². The maximum atomic E-state index is 12.1. The number of carbonyl (C=O) groups is 1. The predicted octanol–water partition coefficient (Wildman–Crippen LogP) is 3.45. The van der Waals surface area contributed by atoms with Gasteiger partial charge in [0.15, 0.2) is 5.78 Å². The highest BCUT2D eigenvalue weighted by atomic mass is 79.9. The zero-order valence-electron chi connectivity index (χ0n) is 8.03. The zero-order valence-corrected chi connectivity index (χ0v) is 10.4. The summed E-state index contributed by atoms with van der Waals surface area (Å²) in [6.07, 6.45) is 1.60. The molecule has 0 bridgehead atoms. The van der Waals surface area contributed by atoms with Crippen LogP contribution >= 0.6 is 27.5 Å². The quantitative estimate of drug-likeness (QED) is 0.790. The lowest BCUT2D eigenvalue weighted by atomic mass is 10.0. The van der Waals surface area contributed by atoms with Gasteiger partial charge in [0, 0.05) is 15.4 Å². The Hall–Kier alpha value is -1.00. The molecule has 0 radical (unpaired) electrons. The van der Waals surface area contributed by atoms with E-state index in [4.69, 9.17) is 0 Å². The largest absolute Gasteiger partial charge is 0.288 e. The van der Waals surface area contributed by atoms with Gasteiger partial charge in [0.25, 0.3) is 0 Å². The van der Waals surface area contributed by atoms with Gasteiger partial charge in [-0.2, -0.15) is 0 Å². The van der Waals surface area contributed by atoms with Crippen molar-refractivity contribution in [2.24, 2.45) is 0 Å². The normalized spacial score (nSPS) is 10.3. The highest BCUT2D eigenvalue weighted by Crippen LogP contribution is 2.23. The second-order valence-corrected chi connectivity index (χ2v) is 4.69. The summed E-state index contributed by atoms with van der Waals surface area (Å²) in [5.41, 5.74) is 2.34. The van der Waals surface area contributed by atoms with Gasteiger partial charge in [-0.15, -0.1) is 0 Å². The van der Waals surface area contributed by atoms with E-state index < -0.39 is 0 Å². The van der Waals surface area contributed by atoms with Gasteiger partial charge in [-0.3, -0.25) is 4.79 Å². The molecule has 4 heteroatoms. The number of rotatable bonds is 2. The number of hydrogen-bond donors (Lipinski definition) is 0. The molecular weight excluding hydrogens is 274 g/mol. The second kappa shape index (κ2) is 4.24. The maximum Gasteiger partial charge on any atom is 0.196 e. The van der Waals surface area contributed by atoms with E-state index in [1.165, 1.54) is 11.5 Å². The number of hydrogen-bond acceptors (Lipinski definition) is 3. The Morgan fingerprint density at radius 1 is 1.47 bits per heavy atom. The average molecular weight is 282 g/mol. The van der Waals surface area contributed by atoms with E-state index in [2.05, 4.69) is 20.3 Å². The fraction of sp³-hybridized carbons (Fsp3) is 0.0909. The monoisotopic (exact) mass is 281 g/mol. The molecule has 0 aliphatic carbocycles. The molecule has 2 aromatic rings. The molecule has 1 heterocycles. The van der Waals surface area contributed by atoms with Gasteiger partial charge < -0.3 is 0 Å². The van der Waals surface area contributed by atoms with E-state index >= 15 is 0 Å². The minimum atomic E-state index is 0.0220. The van der Waals surface area contributed by atoms with Crippen molar-refractivity contribution in [3.05, 3.63) is 50.9 Å². The molecule has 0 aliphatic heterocycles.